The van der Waals surface area contributed by atoms with Crippen molar-refractivity contribution in [2.24, 2.45) is 0 Å². The van der Waals surface area contributed by atoms with E-state index in [4.69, 9.17) is 0 Å². The molecule has 0 N–H and O–H groups in total. The fourth-order valence-corrected chi connectivity index (χ4v) is 10.8. The monoisotopic (exact) mass is 480 g/mol. The second-order valence-electron chi connectivity index (χ2n) is 6.18. The normalized spacial score (nSPS) is 26.8. The molecular formula is C16H32S8. The highest BCUT2D eigenvalue weighted by Crippen LogP contribution is 2.42. The third kappa shape index (κ3) is 10.4. The fraction of sp³-hybridized carbons (Fsp3) is 1.00. The van der Waals surface area contributed by atoms with Gasteiger partial charge in [0, 0.05) is 44.0 Å². The lowest BCUT2D eigenvalue weighted by Crippen LogP contribution is -2.36. The van der Waals surface area contributed by atoms with Crippen LogP contribution in [0.1, 0.15) is 26.7 Å². The first-order chi connectivity index (χ1) is 11.5. The Balaban J connectivity index is 2.53. The molecule has 1 saturated heterocycles. The fourth-order valence-electron chi connectivity index (χ4n) is 2.70. The molecule has 8 heteroatoms. The van der Waals surface area contributed by atoms with Gasteiger partial charge in [-0.3, -0.25) is 0 Å². The standard InChI is InChI=1S/C16H32S8/c1-11(19)7-13(21-5-3-17)15-9-24-16(10-23-15)14(8-12(2)20)22-6-4-18/h11-20H,3-10H2,1-2H3. The van der Waals surface area contributed by atoms with Crippen LogP contribution in [0.4, 0.5) is 0 Å². The molecule has 24 heavy (non-hydrogen) atoms. The van der Waals surface area contributed by atoms with E-state index in [-0.39, 0.29) is 0 Å². The van der Waals surface area contributed by atoms with Crippen molar-refractivity contribution in [1.29, 1.82) is 0 Å². The van der Waals surface area contributed by atoms with Crippen molar-refractivity contribution in [3.63, 3.8) is 0 Å². The largest absolute Gasteiger partial charge is 0.179 e. The number of hydrogen-bond acceptors (Lipinski definition) is 8. The summed E-state index contributed by atoms with van der Waals surface area (Å²) in [5, 5.41) is 3.92. The Morgan fingerprint density at radius 2 is 1.21 bits per heavy atom. The van der Waals surface area contributed by atoms with Crippen LogP contribution in [0.2, 0.25) is 0 Å². The summed E-state index contributed by atoms with van der Waals surface area (Å²) in [4.78, 5) is 0. The van der Waals surface area contributed by atoms with Gasteiger partial charge in [-0.2, -0.15) is 97.6 Å². The van der Waals surface area contributed by atoms with Crippen LogP contribution in [-0.4, -0.2) is 66.0 Å². The molecular weight excluding hydrogens is 449 g/mol. The summed E-state index contributed by atoms with van der Waals surface area (Å²) in [6.07, 6.45) is 2.41. The predicted molar refractivity (Wildman–Crippen MR) is 139 cm³/mol. The first kappa shape index (κ1) is 24.8. The van der Waals surface area contributed by atoms with E-state index in [0.29, 0.717) is 10.5 Å². The molecule has 1 fully saturated rings. The van der Waals surface area contributed by atoms with Crippen molar-refractivity contribution in [2.75, 3.05) is 34.5 Å². The molecule has 0 saturated carbocycles. The maximum absolute atomic E-state index is 4.64. The van der Waals surface area contributed by atoms with E-state index in [0.717, 1.165) is 44.0 Å². The third-order valence-corrected chi connectivity index (χ3v) is 11.7. The van der Waals surface area contributed by atoms with Gasteiger partial charge in [-0.05, 0) is 34.8 Å². The first-order valence-electron chi connectivity index (χ1n) is 8.52. The minimum absolute atomic E-state index is 0.481. The average molecular weight is 481 g/mol. The van der Waals surface area contributed by atoms with Crippen LogP contribution in [0, 0.1) is 0 Å². The first-order valence-corrected chi connectivity index (χ1v) is 15.0. The van der Waals surface area contributed by atoms with Crippen molar-refractivity contribution < 1.29 is 0 Å². The zero-order chi connectivity index (χ0) is 17.9. The van der Waals surface area contributed by atoms with Gasteiger partial charge < -0.3 is 0 Å². The lowest BCUT2D eigenvalue weighted by molar-refractivity contribution is 0.724. The molecule has 6 atom stereocenters. The van der Waals surface area contributed by atoms with E-state index >= 15 is 0 Å². The van der Waals surface area contributed by atoms with Gasteiger partial charge >= 0.3 is 0 Å². The Morgan fingerprint density at radius 3 is 1.46 bits per heavy atom. The van der Waals surface area contributed by atoms with Gasteiger partial charge in [-0.1, -0.05) is 13.8 Å². The van der Waals surface area contributed by atoms with Crippen LogP contribution >= 0.6 is 97.6 Å². The van der Waals surface area contributed by atoms with Crippen LogP contribution in [0.25, 0.3) is 0 Å². The topological polar surface area (TPSA) is 0 Å². The quantitative estimate of drug-likeness (QED) is 0.265. The molecule has 0 spiro atoms. The van der Waals surface area contributed by atoms with E-state index in [1.807, 2.05) is 0 Å². The summed E-state index contributed by atoms with van der Waals surface area (Å²) in [6, 6.07) is 0. The summed E-state index contributed by atoms with van der Waals surface area (Å²) in [7, 11) is 0. The van der Waals surface area contributed by atoms with Gasteiger partial charge in [-0.15, -0.1) is 0 Å². The van der Waals surface area contributed by atoms with Crippen molar-refractivity contribution in [2.45, 2.75) is 58.2 Å². The molecule has 0 bridgehead atoms. The highest BCUT2D eigenvalue weighted by atomic mass is 32.2. The molecule has 0 nitrogen and oxygen atoms in total. The molecule has 0 aromatic heterocycles. The molecule has 1 aliphatic rings. The number of rotatable bonds is 12. The minimum Gasteiger partial charge on any atom is -0.179 e. The summed E-state index contributed by atoms with van der Waals surface area (Å²) < 4.78 is 0. The van der Waals surface area contributed by atoms with Crippen molar-refractivity contribution in [3.8, 4) is 0 Å². The SMILES string of the molecule is CC(S)CC(SCCS)C1CSC(C(CC(C)S)SCCS)CS1. The van der Waals surface area contributed by atoms with Gasteiger partial charge in [0.15, 0.2) is 0 Å². The van der Waals surface area contributed by atoms with Gasteiger partial charge in [0.1, 0.15) is 0 Å². The van der Waals surface area contributed by atoms with Crippen molar-refractivity contribution >= 4 is 97.6 Å². The van der Waals surface area contributed by atoms with E-state index in [9.17, 15) is 0 Å². The lowest BCUT2D eigenvalue weighted by Gasteiger charge is -2.37. The average Bonchev–Trinajstić information content (AvgIpc) is 2.55. The Bertz CT molecular complexity index is 274. The van der Waals surface area contributed by atoms with Gasteiger partial charge in [-0.25, -0.2) is 0 Å². The maximum atomic E-state index is 4.64. The van der Waals surface area contributed by atoms with E-state index in [1.165, 1.54) is 24.3 Å². The third-order valence-electron chi connectivity index (χ3n) is 3.77. The van der Waals surface area contributed by atoms with Gasteiger partial charge in [0.25, 0.3) is 0 Å². The lowest BCUT2D eigenvalue weighted by atomic mass is 10.2. The van der Waals surface area contributed by atoms with E-state index in [1.54, 1.807) is 0 Å². The highest BCUT2D eigenvalue weighted by molar-refractivity contribution is 8.09. The second-order valence-corrected chi connectivity index (χ2v) is 14.1. The number of thiol groups is 4. The summed E-state index contributed by atoms with van der Waals surface area (Å²) in [6.45, 7) is 4.44. The zero-order valence-electron chi connectivity index (χ0n) is 14.5. The van der Waals surface area contributed by atoms with E-state index < -0.39 is 0 Å². The number of thioether (sulfide) groups is 4. The molecule has 0 aromatic rings. The molecule has 144 valence electrons. The van der Waals surface area contributed by atoms with Crippen LogP contribution in [0.15, 0.2) is 0 Å². The van der Waals surface area contributed by atoms with Crippen molar-refractivity contribution in [3.05, 3.63) is 0 Å². The maximum Gasteiger partial charge on any atom is 0.0258 e. The Morgan fingerprint density at radius 1 is 0.833 bits per heavy atom. The summed E-state index contributed by atoms with van der Waals surface area (Å²) >= 11 is 26.7. The smallest absolute Gasteiger partial charge is 0.0258 e. The zero-order valence-corrected chi connectivity index (χ0v) is 21.4. The van der Waals surface area contributed by atoms with Crippen LogP contribution in [0.3, 0.4) is 0 Å². The van der Waals surface area contributed by atoms with E-state index in [2.05, 4.69) is 111 Å². The molecule has 1 rings (SSSR count). The molecule has 0 amide bonds. The second kappa shape index (κ2) is 14.7. The predicted octanol–water partition coefficient (Wildman–Crippen LogP) is 5.68. The Kier molecular flexibility index (Phi) is 15.3. The molecule has 1 aliphatic heterocycles. The molecule has 1 heterocycles. The molecule has 0 aliphatic carbocycles. The van der Waals surface area contributed by atoms with Crippen LogP contribution in [0.5, 0.6) is 0 Å². The number of hydrogen-bond donors (Lipinski definition) is 4. The van der Waals surface area contributed by atoms with Gasteiger partial charge in [0.2, 0.25) is 0 Å². The Hall–Kier alpha value is 2.80. The molecule has 6 unspecified atom stereocenters. The highest BCUT2D eigenvalue weighted by Gasteiger charge is 2.33. The minimum atomic E-state index is 0.481. The summed E-state index contributed by atoms with van der Waals surface area (Å²) in [5.74, 6) is 6.79. The van der Waals surface area contributed by atoms with Crippen LogP contribution in [-0.2, 0) is 0 Å². The van der Waals surface area contributed by atoms with Crippen LogP contribution < -0.4 is 0 Å². The molecule has 0 aromatic carbocycles. The van der Waals surface area contributed by atoms with Gasteiger partial charge in [0.05, 0.1) is 0 Å². The Labute approximate surface area is 188 Å². The van der Waals surface area contributed by atoms with Crippen molar-refractivity contribution in [1.82, 2.24) is 0 Å². The molecule has 0 radical (unpaired) electrons. The summed E-state index contributed by atoms with van der Waals surface area (Å²) in [5.41, 5.74) is 0.